The number of hydrogen-bond acceptors (Lipinski definition) is 3. The van der Waals surface area contributed by atoms with Crippen LogP contribution in [0.15, 0.2) is 72.8 Å². The van der Waals surface area contributed by atoms with Gasteiger partial charge in [0, 0.05) is 24.3 Å². The summed E-state index contributed by atoms with van der Waals surface area (Å²) in [4.78, 5) is 18.3. The summed E-state index contributed by atoms with van der Waals surface area (Å²) in [5.74, 6) is -1.82. The van der Waals surface area contributed by atoms with Crippen molar-refractivity contribution in [3.8, 4) is 0 Å². The molecule has 5 rings (SSSR count). The Morgan fingerprint density at radius 1 is 0.809 bits per heavy atom. The Hall–Kier alpha value is -3.53. The highest BCUT2D eigenvalue weighted by Crippen LogP contribution is 2.41. The Morgan fingerprint density at radius 2 is 1.36 bits per heavy atom. The predicted molar refractivity (Wildman–Crippen MR) is 172 cm³/mol. The van der Waals surface area contributed by atoms with E-state index in [9.17, 15) is 31.1 Å². The number of halogens is 6. The molecule has 1 N–H and O–H groups in total. The van der Waals surface area contributed by atoms with E-state index in [0.29, 0.717) is 25.0 Å². The van der Waals surface area contributed by atoms with E-state index in [2.05, 4.69) is 65.6 Å². The Balaban J connectivity index is 1.33. The van der Waals surface area contributed by atoms with Crippen LogP contribution in [0.2, 0.25) is 0 Å². The molecular weight excluding hydrogens is 616 g/mol. The minimum atomic E-state index is -4.98. The normalized spacial score (nSPS) is 19.0. The van der Waals surface area contributed by atoms with Crippen LogP contribution in [0.3, 0.4) is 0 Å². The summed E-state index contributed by atoms with van der Waals surface area (Å²) in [5, 5.41) is 3.09. The quantitative estimate of drug-likeness (QED) is 0.245. The van der Waals surface area contributed by atoms with Crippen molar-refractivity contribution in [1.82, 2.24) is 10.2 Å². The lowest BCUT2D eigenvalue weighted by atomic mass is 9.76. The van der Waals surface area contributed by atoms with Crippen molar-refractivity contribution in [2.75, 3.05) is 32.1 Å². The molecular formula is C37H43F6N3O. The minimum absolute atomic E-state index is 0.0609. The number of anilines is 1. The molecule has 1 amide bonds. The van der Waals surface area contributed by atoms with Crippen LogP contribution >= 0.6 is 0 Å². The topological polar surface area (TPSA) is 35.6 Å². The fourth-order valence-corrected chi connectivity index (χ4v) is 7.30. The second-order valence-electron chi connectivity index (χ2n) is 13.5. The van der Waals surface area contributed by atoms with Crippen molar-refractivity contribution in [3.63, 3.8) is 0 Å². The van der Waals surface area contributed by atoms with Crippen LogP contribution in [0.1, 0.15) is 85.6 Å². The number of hydrogen-bond donors (Lipinski definition) is 1. The summed E-state index contributed by atoms with van der Waals surface area (Å²) in [7, 11) is 4.29. The summed E-state index contributed by atoms with van der Waals surface area (Å²) in [6.07, 6.45) is -3.04. The molecule has 1 unspecified atom stereocenters. The van der Waals surface area contributed by atoms with Crippen LogP contribution in [-0.2, 0) is 29.1 Å². The van der Waals surface area contributed by atoms with Crippen LogP contribution in [0.5, 0.6) is 0 Å². The molecule has 1 saturated carbocycles. The zero-order chi connectivity index (χ0) is 34.0. The van der Waals surface area contributed by atoms with Gasteiger partial charge in [-0.05, 0) is 100 Å². The van der Waals surface area contributed by atoms with Crippen molar-refractivity contribution in [2.24, 2.45) is 0 Å². The first kappa shape index (κ1) is 34.8. The van der Waals surface area contributed by atoms with E-state index in [0.717, 1.165) is 62.9 Å². The first-order chi connectivity index (χ1) is 22.1. The average molecular weight is 660 g/mol. The summed E-state index contributed by atoms with van der Waals surface area (Å²) in [6, 6.07) is 20.1. The van der Waals surface area contributed by atoms with Gasteiger partial charge in [0.2, 0.25) is 5.91 Å². The molecule has 2 aliphatic rings. The SMILES string of the molecule is CC(C(=O)NC1(c2ccc(N3CCC(Cc4ccccc4)(N(C)C)CC3)cc2)CCCCC1)c1cc(C(F)(F)F)cc(C(F)(F)F)c1. The molecule has 1 aliphatic heterocycles. The zero-order valence-electron chi connectivity index (χ0n) is 27.1. The summed E-state index contributed by atoms with van der Waals surface area (Å²) in [6.45, 7) is 3.13. The van der Waals surface area contributed by atoms with Crippen LogP contribution in [0, 0.1) is 0 Å². The molecule has 1 atom stereocenters. The highest BCUT2D eigenvalue weighted by Gasteiger charge is 2.41. The number of benzene rings is 3. The van der Waals surface area contributed by atoms with E-state index in [-0.39, 0.29) is 17.2 Å². The maximum Gasteiger partial charge on any atom is 0.416 e. The molecule has 10 heteroatoms. The van der Waals surface area contributed by atoms with Gasteiger partial charge in [-0.3, -0.25) is 4.79 Å². The van der Waals surface area contributed by atoms with E-state index >= 15 is 0 Å². The molecule has 254 valence electrons. The number of alkyl halides is 6. The molecule has 3 aromatic rings. The predicted octanol–water partition coefficient (Wildman–Crippen LogP) is 8.95. The molecule has 1 saturated heterocycles. The van der Waals surface area contributed by atoms with Crippen molar-refractivity contribution < 1.29 is 31.1 Å². The zero-order valence-corrected chi connectivity index (χ0v) is 27.1. The summed E-state index contributed by atoms with van der Waals surface area (Å²) in [5.41, 5.74) is -0.574. The summed E-state index contributed by atoms with van der Waals surface area (Å²) >= 11 is 0. The first-order valence-electron chi connectivity index (χ1n) is 16.3. The second kappa shape index (κ2) is 13.5. The highest BCUT2D eigenvalue weighted by molar-refractivity contribution is 5.84. The molecule has 1 aliphatic carbocycles. The second-order valence-corrected chi connectivity index (χ2v) is 13.5. The first-order valence-corrected chi connectivity index (χ1v) is 16.3. The third-order valence-corrected chi connectivity index (χ3v) is 10.4. The monoisotopic (exact) mass is 659 g/mol. The van der Waals surface area contributed by atoms with Crippen LogP contribution in [-0.4, -0.2) is 43.5 Å². The van der Waals surface area contributed by atoms with Gasteiger partial charge in [-0.15, -0.1) is 0 Å². The summed E-state index contributed by atoms with van der Waals surface area (Å²) < 4.78 is 81.1. The highest BCUT2D eigenvalue weighted by atomic mass is 19.4. The van der Waals surface area contributed by atoms with Gasteiger partial charge in [-0.25, -0.2) is 0 Å². The maximum absolute atomic E-state index is 13.6. The number of carbonyl (C=O) groups is 1. The Bertz CT molecular complexity index is 1470. The Labute approximate surface area is 273 Å². The third-order valence-electron chi connectivity index (χ3n) is 10.4. The van der Waals surface area contributed by atoms with E-state index < -0.39 is 40.8 Å². The van der Waals surface area contributed by atoms with Crippen molar-refractivity contribution in [2.45, 2.75) is 87.6 Å². The standard InChI is InChI=1S/C37H43F6N3O/c1-26(28-22-30(36(38,39)40)24-31(23-28)37(41,42)43)33(47)44-35(16-8-5-9-17-35)29-12-14-32(15-13-29)46-20-18-34(19-21-46,45(2)3)25-27-10-6-4-7-11-27/h4,6-7,10-15,22-24,26H,5,8-9,16-21,25H2,1-3H3,(H,44,47). The van der Waals surface area contributed by atoms with Crippen molar-refractivity contribution in [3.05, 3.63) is 101 Å². The van der Waals surface area contributed by atoms with Gasteiger partial charge in [0.15, 0.2) is 0 Å². The fourth-order valence-electron chi connectivity index (χ4n) is 7.30. The van der Waals surface area contributed by atoms with Crippen LogP contribution in [0.25, 0.3) is 0 Å². The number of nitrogens with one attached hydrogen (secondary N) is 1. The fraction of sp³-hybridized carbons (Fsp3) is 0.486. The number of likely N-dealkylation sites (N-methyl/N-ethyl adjacent to an activating group) is 1. The number of carbonyl (C=O) groups excluding carboxylic acids is 1. The van der Waals surface area contributed by atoms with E-state index in [1.54, 1.807) is 0 Å². The lowest BCUT2D eigenvalue weighted by Gasteiger charge is -2.47. The molecule has 0 bridgehead atoms. The largest absolute Gasteiger partial charge is 0.416 e. The molecule has 0 spiro atoms. The van der Waals surface area contributed by atoms with Gasteiger partial charge >= 0.3 is 12.4 Å². The molecule has 1 heterocycles. The molecule has 3 aromatic carbocycles. The number of amides is 1. The van der Waals surface area contributed by atoms with Gasteiger partial charge in [-0.1, -0.05) is 61.7 Å². The Morgan fingerprint density at radius 3 is 1.87 bits per heavy atom. The van der Waals surface area contributed by atoms with Crippen molar-refractivity contribution in [1.29, 1.82) is 0 Å². The number of piperidine rings is 1. The maximum atomic E-state index is 13.6. The molecule has 4 nitrogen and oxygen atoms in total. The molecule has 0 aromatic heterocycles. The average Bonchev–Trinajstić information content (AvgIpc) is 3.04. The van der Waals surface area contributed by atoms with Crippen LogP contribution < -0.4 is 10.2 Å². The smallest absolute Gasteiger partial charge is 0.371 e. The number of rotatable bonds is 8. The third kappa shape index (κ3) is 7.79. The lowest BCUT2D eigenvalue weighted by molar-refractivity contribution is -0.143. The minimum Gasteiger partial charge on any atom is -0.371 e. The van der Waals surface area contributed by atoms with Gasteiger partial charge in [0.1, 0.15) is 0 Å². The van der Waals surface area contributed by atoms with Crippen LogP contribution in [0.4, 0.5) is 32.0 Å². The Kier molecular flexibility index (Phi) is 10.0. The lowest BCUT2D eigenvalue weighted by Crippen LogP contribution is -2.54. The van der Waals surface area contributed by atoms with E-state index in [1.165, 1.54) is 12.5 Å². The van der Waals surface area contributed by atoms with E-state index in [1.807, 2.05) is 18.2 Å². The molecule has 0 radical (unpaired) electrons. The van der Waals surface area contributed by atoms with E-state index in [4.69, 9.17) is 0 Å². The van der Waals surface area contributed by atoms with Crippen molar-refractivity contribution >= 4 is 11.6 Å². The van der Waals surface area contributed by atoms with Gasteiger partial charge in [0.05, 0.1) is 22.6 Å². The number of nitrogens with zero attached hydrogens (tertiary/aromatic N) is 2. The van der Waals surface area contributed by atoms with Gasteiger partial charge in [0.25, 0.3) is 0 Å². The van der Waals surface area contributed by atoms with Gasteiger partial charge < -0.3 is 15.1 Å². The molecule has 47 heavy (non-hydrogen) atoms. The van der Waals surface area contributed by atoms with Gasteiger partial charge in [-0.2, -0.15) is 26.3 Å². The molecule has 2 fully saturated rings.